The fraction of sp³-hybridized carbons (Fsp3) is 1.00. The summed E-state index contributed by atoms with van der Waals surface area (Å²) in [5, 5.41) is 0. The predicted molar refractivity (Wildman–Crippen MR) is 56.7 cm³/mol. The van der Waals surface area contributed by atoms with Gasteiger partial charge in [-0.25, -0.2) is 0 Å². The Morgan fingerprint density at radius 2 is 1.69 bits per heavy atom. The van der Waals surface area contributed by atoms with Gasteiger partial charge in [-0.3, -0.25) is 0 Å². The van der Waals surface area contributed by atoms with E-state index in [4.69, 9.17) is 15.2 Å². The molecule has 0 radical (unpaired) electrons. The maximum Gasteiger partial charge on any atom is 0.163 e. The maximum absolute atomic E-state index is 5.35. The molecule has 2 N–H and O–H groups in total. The highest BCUT2D eigenvalue weighted by atomic mass is 16.7. The molecule has 0 bridgehead atoms. The number of hydrogen-bond donors (Lipinski definition) is 1. The van der Waals surface area contributed by atoms with Crippen LogP contribution in [-0.4, -0.2) is 25.0 Å². The van der Waals surface area contributed by atoms with Crippen molar-refractivity contribution >= 4 is 0 Å². The molecule has 1 saturated heterocycles. The molecule has 1 rings (SSSR count). The van der Waals surface area contributed by atoms with Crippen molar-refractivity contribution in [2.75, 3.05) is 13.2 Å². The molecule has 3 nitrogen and oxygen atoms in total. The fourth-order valence-electron chi connectivity index (χ4n) is 0.879. The van der Waals surface area contributed by atoms with Gasteiger partial charge in [0.05, 0.1) is 12.7 Å². The second kappa shape index (κ2) is 8.48. The van der Waals surface area contributed by atoms with E-state index < -0.39 is 5.79 Å². The third-order valence-corrected chi connectivity index (χ3v) is 1.33. The first kappa shape index (κ1) is 15.4. The van der Waals surface area contributed by atoms with Gasteiger partial charge in [0.1, 0.15) is 0 Å². The molecule has 1 heterocycles. The average Bonchev–Trinajstić information content (AvgIpc) is 2.52. The monoisotopic (exact) mass is 191 g/mol. The molecular formula is C10H25NO2. The molecule has 13 heavy (non-hydrogen) atoms. The van der Waals surface area contributed by atoms with Crippen molar-refractivity contribution in [3.8, 4) is 0 Å². The molecule has 0 saturated carbocycles. The van der Waals surface area contributed by atoms with Gasteiger partial charge in [0.15, 0.2) is 5.79 Å². The smallest absolute Gasteiger partial charge is 0.163 e. The molecule has 1 aliphatic rings. The molecule has 82 valence electrons. The number of hydrogen-bond acceptors (Lipinski definition) is 3. The van der Waals surface area contributed by atoms with Crippen LogP contribution in [0.1, 0.15) is 41.5 Å². The van der Waals surface area contributed by atoms with E-state index in [0.29, 0.717) is 13.2 Å². The maximum atomic E-state index is 5.35. The first-order chi connectivity index (χ1) is 6.14. The number of ether oxygens (including phenoxy) is 2. The molecule has 0 aromatic heterocycles. The Bertz CT molecular complexity index is 105. The zero-order chi connectivity index (χ0) is 10.9. The van der Waals surface area contributed by atoms with Crippen LogP contribution < -0.4 is 5.73 Å². The van der Waals surface area contributed by atoms with Crippen LogP contribution in [-0.2, 0) is 9.47 Å². The van der Waals surface area contributed by atoms with Crippen molar-refractivity contribution in [3.05, 3.63) is 0 Å². The molecule has 0 spiro atoms. The molecule has 3 heteroatoms. The van der Waals surface area contributed by atoms with Crippen molar-refractivity contribution in [1.82, 2.24) is 0 Å². The lowest BCUT2D eigenvalue weighted by atomic mass is 10.4. The molecule has 1 aliphatic heterocycles. The summed E-state index contributed by atoms with van der Waals surface area (Å²) >= 11 is 0. The van der Waals surface area contributed by atoms with Gasteiger partial charge in [0.25, 0.3) is 0 Å². The lowest BCUT2D eigenvalue weighted by molar-refractivity contribution is -0.137. The molecule has 1 atom stereocenters. The second-order valence-electron chi connectivity index (χ2n) is 2.69. The molecule has 0 amide bonds. The zero-order valence-electron chi connectivity index (χ0n) is 9.89. The first-order valence-corrected chi connectivity index (χ1v) is 5.16. The molecule has 0 aromatic rings. The van der Waals surface area contributed by atoms with Gasteiger partial charge < -0.3 is 15.2 Å². The van der Waals surface area contributed by atoms with E-state index in [9.17, 15) is 0 Å². The molecule has 1 fully saturated rings. The minimum atomic E-state index is -0.413. The van der Waals surface area contributed by atoms with Crippen molar-refractivity contribution in [2.24, 2.45) is 5.73 Å². The van der Waals surface area contributed by atoms with Gasteiger partial charge in [-0.2, -0.15) is 0 Å². The van der Waals surface area contributed by atoms with E-state index in [1.165, 1.54) is 0 Å². The van der Waals surface area contributed by atoms with E-state index in [1.807, 2.05) is 41.5 Å². The lowest BCUT2D eigenvalue weighted by Gasteiger charge is -2.15. The van der Waals surface area contributed by atoms with Gasteiger partial charge in [0, 0.05) is 6.54 Å². The topological polar surface area (TPSA) is 44.5 Å². The first-order valence-electron chi connectivity index (χ1n) is 5.16. The van der Waals surface area contributed by atoms with Gasteiger partial charge in [0.2, 0.25) is 0 Å². The summed E-state index contributed by atoms with van der Waals surface area (Å²) in [7, 11) is 0. The summed E-state index contributed by atoms with van der Waals surface area (Å²) < 4.78 is 10.6. The summed E-state index contributed by atoms with van der Waals surface area (Å²) in [6.07, 6.45) is 0.0972. The van der Waals surface area contributed by atoms with Crippen LogP contribution in [0.5, 0.6) is 0 Å². The largest absolute Gasteiger partial charge is 0.348 e. The van der Waals surface area contributed by atoms with E-state index in [2.05, 4.69) is 0 Å². The minimum absolute atomic E-state index is 0.0972. The summed E-state index contributed by atoms with van der Waals surface area (Å²) in [4.78, 5) is 0. The van der Waals surface area contributed by atoms with E-state index in [-0.39, 0.29) is 6.10 Å². The standard InChI is InChI=1S/C6H13NO2.2C2H6/c1-6(2)8-4-5(3-7)9-6;2*1-2/h5H,3-4,7H2,1-2H3;2*1-2H3. The Kier molecular flexibility index (Phi) is 10.0. The third-order valence-electron chi connectivity index (χ3n) is 1.33. The van der Waals surface area contributed by atoms with Gasteiger partial charge in [-0.15, -0.1) is 0 Å². The summed E-state index contributed by atoms with van der Waals surface area (Å²) in [6, 6.07) is 0. The van der Waals surface area contributed by atoms with Gasteiger partial charge >= 0.3 is 0 Å². The van der Waals surface area contributed by atoms with E-state index >= 15 is 0 Å². The van der Waals surface area contributed by atoms with E-state index in [0.717, 1.165) is 0 Å². The Morgan fingerprint density at radius 3 is 1.85 bits per heavy atom. The fourth-order valence-corrected chi connectivity index (χ4v) is 0.879. The van der Waals surface area contributed by atoms with Crippen LogP contribution in [0.25, 0.3) is 0 Å². The molecule has 0 aliphatic carbocycles. The Balaban J connectivity index is 0. The summed E-state index contributed by atoms with van der Waals surface area (Å²) in [5.41, 5.74) is 5.35. The molecular weight excluding hydrogens is 166 g/mol. The van der Waals surface area contributed by atoms with Crippen molar-refractivity contribution < 1.29 is 9.47 Å². The number of nitrogens with two attached hydrogens (primary N) is 1. The Labute approximate surface area is 82.6 Å². The Hall–Kier alpha value is -0.120. The van der Waals surface area contributed by atoms with Crippen molar-refractivity contribution in [3.63, 3.8) is 0 Å². The lowest BCUT2D eigenvalue weighted by Crippen LogP contribution is -2.26. The van der Waals surface area contributed by atoms with Crippen LogP contribution in [0.3, 0.4) is 0 Å². The summed E-state index contributed by atoms with van der Waals surface area (Å²) in [5.74, 6) is -0.413. The second-order valence-corrected chi connectivity index (χ2v) is 2.69. The van der Waals surface area contributed by atoms with E-state index in [1.54, 1.807) is 0 Å². The SMILES string of the molecule is CC.CC.CC1(C)OCC(CN)O1. The minimum Gasteiger partial charge on any atom is -0.348 e. The van der Waals surface area contributed by atoms with Crippen molar-refractivity contribution in [1.29, 1.82) is 0 Å². The van der Waals surface area contributed by atoms with Gasteiger partial charge in [-0.1, -0.05) is 27.7 Å². The van der Waals surface area contributed by atoms with Gasteiger partial charge in [-0.05, 0) is 13.8 Å². The predicted octanol–water partition coefficient (Wildman–Crippen LogP) is 2.15. The highest BCUT2D eigenvalue weighted by Crippen LogP contribution is 2.20. The van der Waals surface area contributed by atoms with Crippen LogP contribution in [0.15, 0.2) is 0 Å². The normalized spacial score (nSPS) is 23.8. The van der Waals surface area contributed by atoms with Crippen LogP contribution in [0, 0.1) is 0 Å². The van der Waals surface area contributed by atoms with Crippen molar-refractivity contribution in [2.45, 2.75) is 53.4 Å². The summed E-state index contributed by atoms with van der Waals surface area (Å²) in [6.45, 7) is 13.0. The molecule has 0 aromatic carbocycles. The number of rotatable bonds is 1. The quantitative estimate of drug-likeness (QED) is 0.690. The zero-order valence-corrected chi connectivity index (χ0v) is 9.89. The van der Waals surface area contributed by atoms with Crippen LogP contribution in [0.2, 0.25) is 0 Å². The van der Waals surface area contributed by atoms with Crippen LogP contribution in [0.4, 0.5) is 0 Å². The molecule has 1 unspecified atom stereocenters. The highest BCUT2D eigenvalue weighted by Gasteiger charge is 2.31. The third kappa shape index (κ3) is 6.99. The average molecular weight is 191 g/mol. The highest BCUT2D eigenvalue weighted by molar-refractivity contribution is 4.70. The van der Waals surface area contributed by atoms with Crippen LogP contribution >= 0.6 is 0 Å². The Morgan fingerprint density at radius 1 is 1.23 bits per heavy atom.